The van der Waals surface area contributed by atoms with Gasteiger partial charge in [0, 0.05) is 12.6 Å². The Morgan fingerprint density at radius 3 is 2.04 bits per heavy atom. The van der Waals surface area contributed by atoms with Crippen molar-refractivity contribution in [2.45, 2.75) is 110 Å². The summed E-state index contributed by atoms with van der Waals surface area (Å²) in [6, 6.07) is 3.48. The smallest absolute Gasteiger partial charge is 0.315 e. The van der Waals surface area contributed by atoms with Crippen LogP contribution in [0.3, 0.4) is 0 Å². The van der Waals surface area contributed by atoms with Crippen molar-refractivity contribution in [2.24, 2.45) is 39.7 Å². The SMILES string of the molecule is CC(C)(C)C(CS(=O)(=O)c1ccccc1)NC(=O)N[C@H](C(=O)N1C[C@H]2[C@@H]([C@H]1C(=O)NC(CC1CCC1)C(=O)C(N)=O)C2(C)C)C(C)(C)C. The summed E-state index contributed by atoms with van der Waals surface area (Å²) in [6.07, 6.45) is 3.14. The average molecular weight is 688 g/mol. The molecular weight excluding hydrogens is 634 g/mol. The number of piperidine rings is 1. The van der Waals surface area contributed by atoms with Gasteiger partial charge in [0.2, 0.25) is 17.6 Å². The van der Waals surface area contributed by atoms with Crippen molar-refractivity contribution in [3.8, 4) is 0 Å². The Morgan fingerprint density at radius 2 is 1.54 bits per heavy atom. The predicted octanol–water partition coefficient (Wildman–Crippen LogP) is 2.80. The molecule has 48 heavy (non-hydrogen) atoms. The lowest BCUT2D eigenvalue weighted by molar-refractivity contribution is -0.145. The number of nitrogens with zero attached hydrogens (tertiary/aromatic N) is 1. The second-order valence-electron chi connectivity index (χ2n) is 16.6. The quantitative estimate of drug-likeness (QED) is 0.244. The fraction of sp³-hybridized carbons (Fsp3) is 0.686. The standard InChI is InChI=1S/C35H53N5O7S/c1-33(2,3)24(19-48(46,47)21-15-10-9-11-16-21)38-32(45)39-28(34(4,5)6)31(44)40-18-22-25(35(22,7)8)26(40)30(43)37-23(27(41)29(36)42)17-20-13-12-14-20/h9-11,15-16,20,22-26,28H,12-14,17-19H2,1-8H3,(H2,36,42)(H,37,43)(H2,38,39,45)/t22-,23?,24?,25-,26-,28+/m0/s1. The predicted molar refractivity (Wildman–Crippen MR) is 181 cm³/mol. The molecule has 2 unspecified atom stereocenters. The fourth-order valence-corrected chi connectivity index (χ4v) is 8.92. The van der Waals surface area contributed by atoms with Crippen molar-refractivity contribution < 1.29 is 32.4 Å². The summed E-state index contributed by atoms with van der Waals surface area (Å²) in [5.41, 5.74) is 3.67. The van der Waals surface area contributed by atoms with Crippen LogP contribution < -0.4 is 21.7 Å². The molecule has 0 spiro atoms. The van der Waals surface area contributed by atoms with E-state index in [4.69, 9.17) is 5.73 Å². The number of fused-ring (bicyclic) bond motifs is 1. The van der Waals surface area contributed by atoms with Crippen molar-refractivity contribution in [1.29, 1.82) is 0 Å². The highest BCUT2D eigenvalue weighted by molar-refractivity contribution is 7.91. The number of hydrogen-bond donors (Lipinski definition) is 4. The van der Waals surface area contributed by atoms with Crippen LogP contribution in [0.2, 0.25) is 0 Å². The molecule has 1 heterocycles. The summed E-state index contributed by atoms with van der Waals surface area (Å²) in [7, 11) is -3.75. The van der Waals surface area contributed by atoms with Crippen molar-refractivity contribution in [3.63, 3.8) is 0 Å². The van der Waals surface area contributed by atoms with Crippen LogP contribution in [0.15, 0.2) is 35.2 Å². The van der Waals surface area contributed by atoms with Gasteiger partial charge in [-0.1, -0.05) is 92.9 Å². The third kappa shape index (κ3) is 8.03. The third-order valence-corrected chi connectivity index (χ3v) is 12.4. The lowest BCUT2D eigenvalue weighted by Gasteiger charge is -2.39. The Hall–Kier alpha value is -3.48. The Labute approximate surface area is 284 Å². The summed E-state index contributed by atoms with van der Waals surface area (Å²) in [4.78, 5) is 68.1. The zero-order chi connectivity index (χ0) is 36.0. The number of rotatable bonds is 12. The summed E-state index contributed by atoms with van der Waals surface area (Å²) in [5.74, 6) is -3.21. The minimum atomic E-state index is -3.75. The molecule has 3 aliphatic rings. The molecule has 13 heteroatoms. The minimum absolute atomic E-state index is 0.0389. The van der Waals surface area contributed by atoms with Crippen LogP contribution in [-0.2, 0) is 29.0 Å². The summed E-state index contributed by atoms with van der Waals surface area (Å²) >= 11 is 0. The largest absolute Gasteiger partial charge is 0.363 e. The van der Waals surface area contributed by atoms with Crippen LogP contribution >= 0.6 is 0 Å². The molecule has 4 rings (SSSR count). The first-order valence-electron chi connectivity index (χ1n) is 16.8. The van der Waals surface area contributed by atoms with Crippen LogP contribution in [0, 0.1) is 34.0 Å². The summed E-state index contributed by atoms with van der Waals surface area (Å²) in [5, 5.41) is 8.39. The first kappa shape index (κ1) is 37.3. The molecule has 6 atom stereocenters. The van der Waals surface area contributed by atoms with E-state index in [-0.39, 0.29) is 33.8 Å². The van der Waals surface area contributed by atoms with E-state index in [0.717, 1.165) is 19.3 Å². The van der Waals surface area contributed by atoms with Gasteiger partial charge >= 0.3 is 6.03 Å². The van der Waals surface area contributed by atoms with Gasteiger partial charge in [-0.25, -0.2) is 13.2 Å². The van der Waals surface area contributed by atoms with E-state index in [2.05, 4.69) is 16.0 Å². The van der Waals surface area contributed by atoms with E-state index in [9.17, 15) is 32.4 Å². The third-order valence-electron chi connectivity index (χ3n) is 10.7. The number of benzene rings is 1. The maximum atomic E-state index is 14.3. The number of primary amides is 1. The highest BCUT2D eigenvalue weighted by Crippen LogP contribution is 2.65. The van der Waals surface area contributed by atoms with Crippen LogP contribution in [0.4, 0.5) is 4.79 Å². The Morgan fingerprint density at radius 1 is 0.938 bits per heavy atom. The maximum Gasteiger partial charge on any atom is 0.315 e. The Kier molecular flexibility index (Phi) is 10.5. The van der Waals surface area contributed by atoms with Gasteiger partial charge in [0.15, 0.2) is 9.84 Å². The van der Waals surface area contributed by atoms with E-state index in [1.54, 1.807) is 39.0 Å². The number of amides is 5. The van der Waals surface area contributed by atoms with E-state index < -0.39 is 74.4 Å². The van der Waals surface area contributed by atoms with Crippen LogP contribution in [-0.4, -0.2) is 79.3 Å². The lowest BCUT2D eigenvalue weighted by atomic mass is 9.80. The highest BCUT2D eigenvalue weighted by Gasteiger charge is 2.70. The average Bonchev–Trinajstić information content (AvgIpc) is 3.26. The van der Waals surface area contributed by atoms with Gasteiger partial charge in [-0.05, 0) is 52.6 Å². The number of hydrogen-bond acceptors (Lipinski definition) is 7. The number of Topliss-reactive ketones (excluding diaryl/α,β-unsaturated/α-hetero) is 1. The molecule has 1 aliphatic heterocycles. The Bertz CT molecular complexity index is 1530. The molecular formula is C35H53N5O7S. The van der Waals surface area contributed by atoms with E-state index >= 15 is 0 Å². The minimum Gasteiger partial charge on any atom is -0.363 e. The van der Waals surface area contributed by atoms with Gasteiger partial charge in [-0.15, -0.1) is 0 Å². The molecule has 0 bridgehead atoms. The normalized spacial score (nSPS) is 23.9. The zero-order valence-corrected chi connectivity index (χ0v) is 30.3. The van der Waals surface area contributed by atoms with Gasteiger partial charge in [-0.2, -0.15) is 0 Å². The topological polar surface area (TPSA) is 185 Å². The van der Waals surface area contributed by atoms with Crippen molar-refractivity contribution in [1.82, 2.24) is 20.9 Å². The van der Waals surface area contributed by atoms with Crippen LogP contribution in [0.1, 0.15) is 81.1 Å². The summed E-state index contributed by atoms with van der Waals surface area (Å²) in [6.45, 7) is 15.2. The monoisotopic (exact) mass is 687 g/mol. The van der Waals surface area contributed by atoms with Gasteiger partial charge in [-0.3, -0.25) is 19.2 Å². The molecule has 0 radical (unpaired) electrons. The second kappa shape index (κ2) is 13.4. The van der Waals surface area contributed by atoms with Gasteiger partial charge < -0.3 is 26.6 Å². The fourth-order valence-electron chi connectivity index (χ4n) is 7.13. The number of likely N-dealkylation sites (tertiary alicyclic amines) is 1. The molecule has 12 nitrogen and oxygen atoms in total. The van der Waals surface area contributed by atoms with E-state index in [1.807, 2.05) is 34.6 Å². The lowest BCUT2D eigenvalue weighted by Crippen LogP contribution is -2.62. The van der Waals surface area contributed by atoms with Gasteiger partial charge in [0.05, 0.1) is 16.7 Å². The molecule has 2 saturated carbocycles. The number of nitrogens with two attached hydrogens (primary N) is 1. The second-order valence-corrected chi connectivity index (χ2v) is 18.7. The highest BCUT2D eigenvalue weighted by atomic mass is 32.2. The number of carbonyl (C=O) groups excluding carboxylic acids is 5. The molecule has 1 aromatic rings. The number of carbonyl (C=O) groups is 5. The van der Waals surface area contributed by atoms with Crippen molar-refractivity contribution >= 4 is 39.4 Å². The molecule has 3 fully saturated rings. The molecule has 1 aromatic carbocycles. The number of urea groups is 1. The zero-order valence-electron chi connectivity index (χ0n) is 29.5. The first-order chi connectivity index (χ1) is 22.1. The molecule has 0 aromatic heterocycles. The number of sulfone groups is 1. The van der Waals surface area contributed by atoms with Crippen LogP contribution in [0.5, 0.6) is 0 Å². The van der Waals surface area contributed by atoms with Gasteiger partial charge in [0.25, 0.3) is 5.91 Å². The van der Waals surface area contributed by atoms with Gasteiger partial charge in [0.1, 0.15) is 12.1 Å². The first-order valence-corrected chi connectivity index (χ1v) is 18.5. The number of nitrogens with one attached hydrogen (secondary N) is 3. The summed E-state index contributed by atoms with van der Waals surface area (Å²) < 4.78 is 26.5. The van der Waals surface area contributed by atoms with E-state index in [0.29, 0.717) is 13.0 Å². The Balaban J connectivity index is 1.54. The van der Waals surface area contributed by atoms with Crippen LogP contribution in [0.25, 0.3) is 0 Å². The molecule has 5 amide bonds. The number of ketones is 1. The molecule has 2 aliphatic carbocycles. The van der Waals surface area contributed by atoms with E-state index in [1.165, 1.54) is 17.0 Å². The molecule has 1 saturated heterocycles. The van der Waals surface area contributed by atoms with Crippen molar-refractivity contribution in [3.05, 3.63) is 30.3 Å². The maximum absolute atomic E-state index is 14.3. The molecule has 266 valence electrons. The molecule has 5 N–H and O–H groups in total. The van der Waals surface area contributed by atoms with Crippen molar-refractivity contribution in [2.75, 3.05) is 12.3 Å².